The Morgan fingerprint density at radius 1 is 0.857 bits per heavy atom. The van der Waals surface area contributed by atoms with Crippen LogP contribution in [0.4, 0.5) is 0 Å². The highest BCUT2D eigenvalue weighted by molar-refractivity contribution is 6.20. The predicted molar refractivity (Wildman–Crippen MR) is 53.8 cm³/mol. The minimum Gasteiger partial charge on any atom is -0.290 e. The summed E-state index contributed by atoms with van der Waals surface area (Å²) in [4.78, 5) is 23.0. The van der Waals surface area contributed by atoms with E-state index in [0.717, 1.165) is 0 Å². The SMILES string of the molecule is CC1=C(C)CC2=C(C1)C(=O)C=CC2=O. The summed E-state index contributed by atoms with van der Waals surface area (Å²) < 4.78 is 0. The van der Waals surface area contributed by atoms with Crippen molar-refractivity contribution >= 4 is 11.6 Å². The fourth-order valence-corrected chi connectivity index (χ4v) is 1.87. The van der Waals surface area contributed by atoms with Crippen molar-refractivity contribution in [3.63, 3.8) is 0 Å². The molecule has 14 heavy (non-hydrogen) atoms. The molecule has 0 aromatic carbocycles. The highest BCUT2D eigenvalue weighted by Crippen LogP contribution is 2.32. The molecule has 0 N–H and O–H groups in total. The van der Waals surface area contributed by atoms with Crippen molar-refractivity contribution < 1.29 is 9.59 Å². The highest BCUT2D eigenvalue weighted by atomic mass is 16.1. The van der Waals surface area contributed by atoms with E-state index in [0.29, 0.717) is 24.0 Å². The fourth-order valence-electron chi connectivity index (χ4n) is 1.87. The number of allylic oxidation sites excluding steroid dienone is 6. The molecule has 0 aromatic heterocycles. The highest BCUT2D eigenvalue weighted by Gasteiger charge is 2.26. The van der Waals surface area contributed by atoms with Crippen molar-refractivity contribution in [2.24, 2.45) is 0 Å². The molecule has 2 heteroatoms. The van der Waals surface area contributed by atoms with Gasteiger partial charge < -0.3 is 0 Å². The average Bonchev–Trinajstić information content (AvgIpc) is 2.15. The lowest BCUT2D eigenvalue weighted by atomic mass is 9.81. The van der Waals surface area contributed by atoms with Crippen LogP contribution in [0.5, 0.6) is 0 Å². The van der Waals surface area contributed by atoms with Crippen LogP contribution >= 0.6 is 0 Å². The lowest BCUT2D eigenvalue weighted by molar-refractivity contribution is -0.115. The average molecular weight is 188 g/mol. The Balaban J connectivity index is 2.43. The number of carbonyl (C=O) groups is 2. The molecule has 2 rings (SSSR count). The van der Waals surface area contributed by atoms with Gasteiger partial charge in [-0.15, -0.1) is 0 Å². The largest absolute Gasteiger partial charge is 0.290 e. The second-order valence-electron chi connectivity index (χ2n) is 3.93. The van der Waals surface area contributed by atoms with Gasteiger partial charge in [-0.1, -0.05) is 11.1 Å². The maximum atomic E-state index is 11.5. The molecule has 2 aliphatic carbocycles. The molecule has 72 valence electrons. The van der Waals surface area contributed by atoms with Crippen LogP contribution in [-0.4, -0.2) is 11.6 Å². The van der Waals surface area contributed by atoms with Crippen molar-refractivity contribution in [2.45, 2.75) is 26.7 Å². The Morgan fingerprint density at radius 3 is 1.57 bits per heavy atom. The quantitative estimate of drug-likeness (QED) is 0.431. The molecule has 0 radical (unpaired) electrons. The van der Waals surface area contributed by atoms with Crippen molar-refractivity contribution in [1.29, 1.82) is 0 Å². The minimum absolute atomic E-state index is 0.00597. The summed E-state index contributed by atoms with van der Waals surface area (Å²) in [6, 6.07) is 0. The summed E-state index contributed by atoms with van der Waals surface area (Å²) in [5.74, 6) is 0.0119. The van der Waals surface area contributed by atoms with E-state index in [4.69, 9.17) is 0 Å². The number of hydrogen-bond acceptors (Lipinski definition) is 2. The first-order chi connectivity index (χ1) is 6.59. The van der Waals surface area contributed by atoms with Crippen LogP contribution in [-0.2, 0) is 9.59 Å². The van der Waals surface area contributed by atoms with Crippen molar-refractivity contribution in [2.75, 3.05) is 0 Å². The molecule has 0 heterocycles. The second kappa shape index (κ2) is 3.05. The van der Waals surface area contributed by atoms with E-state index in [-0.39, 0.29) is 11.6 Å². The summed E-state index contributed by atoms with van der Waals surface area (Å²) in [5, 5.41) is 0. The lowest BCUT2D eigenvalue weighted by Gasteiger charge is -2.21. The molecule has 0 aliphatic heterocycles. The van der Waals surface area contributed by atoms with Gasteiger partial charge in [-0.25, -0.2) is 0 Å². The van der Waals surface area contributed by atoms with Crippen LogP contribution in [0.2, 0.25) is 0 Å². The van der Waals surface area contributed by atoms with Gasteiger partial charge in [0.15, 0.2) is 11.6 Å². The third-order valence-corrected chi connectivity index (χ3v) is 2.96. The maximum Gasteiger partial charge on any atom is 0.182 e. The standard InChI is InChI=1S/C12H12O2/c1-7-5-9-10(6-8(7)2)12(14)4-3-11(9)13/h3-4H,5-6H2,1-2H3. The van der Waals surface area contributed by atoms with E-state index in [9.17, 15) is 9.59 Å². The molecular formula is C12H12O2. The molecule has 0 fully saturated rings. The van der Waals surface area contributed by atoms with E-state index in [1.807, 2.05) is 13.8 Å². The van der Waals surface area contributed by atoms with E-state index in [2.05, 4.69) is 0 Å². The van der Waals surface area contributed by atoms with Crippen LogP contribution in [0, 0.1) is 0 Å². The van der Waals surface area contributed by atoms with Crippen LogP contribution in [0.15, 0.2) is 34.4 Å². The summed E-state index contributed by atoms with van der Waals surface area (Å²) in [6.07, 6.45) is 4.07. The molecule has 2 aliphatic rings. The summed E-state index contributed by atoms with van der Waals surface area (Å²) in [5.41, 5.74) is 3.86. The number of hydrogen-bond donors (Lipinski definition) is 0. The maximum absolute atomic E-state index is 11.5. The van der Waals surface area contributed by atoms with Crippen LogP contribution in [0.3, 0.4) is 0 Å². The van der Waals surface area contributed by atoms with Crippen molar-refractivity contribution in [3.8, 4) is 0 Å². The second-order valence-corrected chi connectivity index (χ2v) is 3.93. The van der Waals surface area contributed by atoms with Crippen molar-refractivity contribution in [1.82, 2.24) is 0 Å². The Bertz CT molecular complexity index is 382. The number of rotatable bonds is 0. The fraction of sp³-hybridized carbons (Fsp3) is 0.333. The summed E-state index contributed by atoms with van der Waals surface area (Å²) in [7, 11) is 0. The van der Waals surface area contributed by atoms with Gasteiger partial charge in [0.2, 0.25) is 0 Å². The molecular weight excluding hydrogens is 176 g/mol. The van der Waals surface area contributed by atoms with E-state index in [1.165, 1.54) is 23.3 Å². The minimum atomic E-state index is 0.00597. The van der Waals surface area contributed by atoms with Gasteiger partial charge in [0.25, 0.3) is 0 Å². The molecule has 0 bridgehead atoms. The first-order valence-electron chi connectivity index (χ1n) is 4.73. The monoisotopic (exact) mass is 188 g/mol. The first kappa shape index (κ1) is 9.13. The Morgan fingerprint density at radius 2 is 1.21 bits per heavy atom. The third-order valence-electron chi connectivity index (χ3n) is 2.96. The molecule has 0 aromatic rings. The Labute approximate surface area is 83.0 Å². The third kappa shape index (κ3) is 1.27. The Kier molecular flexibility index (Phi) is 1.99. The van der Waals surface area contributed by atoms with Gasteiger partial charge in [-0.2, -0.15) is 0 Å². The molecule has 0 spiro atoms. The molecule has 0 unspecified atom stereocenters. The summed E-state index contributed by atoms with van der Waals surface area (Å²) >= 11 is 0. The zero-order chi connectivity index (χ0) is 10.3. The Hall–Kier alpha value is -1.44. The smallest absolute Gasteiger partial charge is 0.182 e. The van der Waals surface area contributed by atoms with Gasteiger partial charge in [-0.05, 0) is 38.8 Å². The molecule has 0 amide bonds. The first-order valence-corrected chi connectivity index (χ1v) is 4.73. The number of carbonyl (C=O) groups excluding carboxylic acids is 2. The summed E-state index contributed by atoms with van der Waals surface area (Å²) in [6.45, 7) is 4.05. The van der Waals surface area contributed by atoms with Crippen molar-refractivity contribution in [3.05, 3.63) is 34.4 Å². The topological polar surface area (TPSA) is 34.1 Å². The lowest BCUT2D eigenvalue weighted by Crippen LogP contribution is -2.18. The molecule has 0 atom stereocenters. The van der Waals surface area contributed by atoms with Gasteiger partial charge in [0, 0.05) is 11.1 Å². The van der Waals surface area contributed by atoms with Crippen LogP contribution in [0.25, 0.3) is 0 Å². The van der Waals surface area contributed by atoms with E-state index >= 15 is 0 Å². The van der Waals surface area contributed by atoms with Gasteiger partial charge in [0.05, 0.1) is 0 Å². The van der Waals surface area contributed by atoms with Gasteiger partial charge in [0.1, 0.15) is 0 Å². The zero-order valence-electron chi connectivity index (χ0n) is 8.39. The normalized spacial score (nSPS) is 21.9. The van der Waals surface area contributed by atoms with Crippen LogP contribution in [0.1, 0.15) is 26.7 Å². The van der Waals surface area contributed by atoms with E-state index in [1.54, 1.807) is 0 Å². The zero-order valence-corrected chi connectivity index (χ0v) is 8.39. The van der Waals surface area contributed by atoms with E-state index < -0.39 is 0 Å². The predicted octanol–water partition coefficient (Wildman–Crippen LogP) is 2.12. The molecule has 0 saturated heterocycles. The van der Waals surface area contributed by atoms with Gasteiger partial charge >= 0.3 is 0 Å². The van der Waals surface area contributed by atoms with Gasteiger partial charge in [-0.3, -0.25) is 9.59 Å². The molecule has 2 nitrogen and oxygen atoms in total. The van der Waals surface area contributed by atoms with Crippen LogP contribution < -0.4 is 0 Å². The molecule has 0 saturated carbocycles. The number of ketones is 2.